The van der Waals surface area contributed by atoms with Crippen molar-refractivity contribution in [3.05, 3.63) is 0 Å². The van der Waals surface area contributed by atoms with E-state index >= 15 is 0 Å². The molecule has 0 spiro atoms. The number of hydrogen-bond donors (Lipinski definition) is 0. The van der Waals surface area contributed by atoms with E-state index in [1.807, 2.05) is 0 Å². The van der Waals surface area contributed by atoms with Crippen molar-refractivity contribution < 1.29 is 0 Å². The number of rotatable bonds is 4. The first-order valence-electron chi connectivity index (χ1n) is 7.86. The number of alkyl halides is 1. The summed E-state index contributed by atoms with van der Waals surface area (Å²) in [5.74, 6) is 3.99. The van der Waals surface area contributed by atoms with Gasteiger partial charge in [-0.3, -0.25) is 0 Å². The molecule has 3 atom stereocenters. The second-order valence-corrected chi connectivity index (χ2v) is 7.00. The van der Waals surface area contributed by atoms with E-state index in [0.29, 0.717) is 0 Å². The summed E-state index contributed by atoms with van der Waals surface area (Å²) < 4.78 is 0. The van der Waals surface area contributed by atoms with Gasteiger partial charge < -0.3 is 9.80 Å². The molecule has 0 aromatic heterocycles. The number of fused-ring (bicyclic) bond motifs is 2. The van der Waals surface area contributed by atoms with Crippen LogP contribution in [0.15, 0.2) is 0 Å². The van der Waals surface area contributed by atoms with Gasteiger partial charge >= 0.3 is 0 Å². The normalized spacial score (nSPS) is 38.2. The molecule has 0 aromatic carbocycles. The zero-order valence-electron chi connectivity index (χ0n) is 11.5. The van der Waals surface area contributed by atoms with Crippen LogP contribution in [0.4, 0.5) is 0 Å². The summed E-state index contributed by atoms with van der Waals surface area (Å²) in [6.07, 6.45) is 7.48. The predicted octanol–water partition coefficient (Wildman–Crippen LogP) is 2.67. The summed E-state index contributed by atoms with van der Waals surface area (Å²) in [4.78, 5) is 5.27. The Morgan fingerprint density at radius 1 is 0.944 bits per heavy atom. The lowest BCUT2D eigenvalue weighted by atomic mass is 9.88. The summed E-state index contributed by atoms with van der Waals surface area (Å²) in [6.45, 7) is 7.52. The topological polar surface area (TPSA) is 6.48 Å². The predicted molar refractivity (Wildman–Crippen MR) is 77.2 cm³/mol. The van der Waals surface area contributed by atoms with Crippen LogP contribution in [0.1, 0.15) is 32.1 Å². The van der Waals surface area contributed by atoms with E-state index in [1.54, 1.807) is 6.42 Å². The Morgan fingerprint density at radius 3 is 2.50 bits per heavy atom. The average Bonchev–Trinajstić information content (AvgIpc) is 2.91. The molecule has 2 aliphatic carbocycles. The van der Waals surface area contributed by atoms with Gasteiger partial charge in [-0.2, -0.15) is 0 Å². The van der Waals surface area contributed by atoms with Crippen molar-refractivity contribution >= 4 is 11.6 Å². The standard InChI is InChI=1S/C15H27ClN2/c16-4-7-17-5-1-6-18(9-8-17)12-15-11-13-2-3-14(15)10-13/h13-15H,1-12H2. The third kappa shape index (κ3) is 3.02. The molecule has 104 valence electrons. The molecular weight excluding hydrogens is 244 g/mol. The molecule has 3 fully saturated rings. The van der Waals surface area contributed by atoms with Gasteiger partial charge in [0.1, 0.15) is 0 Å². The average molecular weight is 271 g/mol. The summed E-state index contributed by atoms with van der Waals surface area (Å²) in [5, 5.41) is 0. The van der Waals surface area contributed by atoms with Crippen molar-refractivity contribution in [2.45, 2.75) is 32.1 Å². The van der Waals surface area contributed by atoms with Gasteiger partial charge in [-0.05, 0) is 56.5 Å². The molecule has 0 aromatic rings. The molecule has 3 heteroatoms. The molecule has 0 radical (unpaired) electrons. The van der Waals surface area contributed by atoms with Crippen molar-refractivity contribution in [2.75, 3.05) is 45.1 Å². The van der Waals surface area contributed by atoms with Gasteiger partial charge in [0.25, 0.3) is 0 Å². The summed E-state index contributed by atoms with van der Waals surface area (Å²) in [7, 11) is 0. The minimum absolute atomic E-state index is 0.784. The second-order valence-electron chi connectivity index (χ2n) is 6.62. The number of hydrogen-bond acceptors (Lipinski definition) is 2. The van der Waals surface area contributed by atoms with Gasteiger partial charge in [0, 0.05) is 32.1 Å². The van der Waals surface area contributed by atoms with E-state index in [4.69, 9.17) is 11.6 Å². The van der Waals surface area contributed by atoms with Crippen LogP contribution in [-0.4, -0.2) is 54.9 Å². The quantitative estimate of drug-likeness (QED) is 0.725. The fourth-order valence-corrected chi connectivity index (χ4v) is 4.72. The van der Waals surface area contributed by atoms with Crippen molar-refractivity contribution in [3.8, 4) is 0 Å². The van der Waals surface area contributed by atoms with Crippen LogP contribution < -0.4 is 0 Å². The fourth-order valence-electron chi connectivity index (χ4n) is 4.48. The van der Waals surface area contributed by atoms with Gasteiger partial charge in [-0.25, -0.2) is 0 Å². The molecule has 0 N–H and O–H groups in total. The summed E-state index contributed by atoms with van der Waals surface area (Å²) in [5.41, 5.74) is 0. The maximum Gasteiger partial charge on any atom is 0.0351 e. The van der Waals surface area contributed by atoms with Crippen LogP contribution in [-0.2, 0) is 0 Å². The van der Waals surface area contributed by atoms with Crippen LogP contribution in [0, 0.1) is 17.8 Å². The highest BCUT2D eigenvalue weighted by Gasteiger charge is 2.39. The molecule has 1 saturated heterocycles. The van der Waals surface area contributed by atoms with E-state index in [1.165, 1.54) is 58.4 Å². The highest BCUT2D eigenvalue weighted by molar-refractivity contribution is 6.18. The summed E-state index contributed by atoms with van der Waals surface area (Å²) >= 11 is 5.85. The second kappa shape index (κ2) is 6.11. The molecule has 0 amide bonds. The van der Waals surface area contributed by atoms with Gasteiger partial charge in [-0.1, -0.05) is 6.42 Å². The number of halogens is 1. The molecule has 3 unspecified atom stereocenters. The Hall–Kier alpha value is 0.210. The molecule has 2 bridgehead atoms. The van der Waals surface area contributed by atoms with Crippen molar-refractivity contribution in [1.82, 2.24) is 9.80 Å². The monoisotopic (exact) mass is 270 g/mol. The Bertz CT molecular complexity index is 271. The van der Waals surface area contributed by atoms with Crippen molar-refractivity contribution in [3.63, 3.8) is 0 Å². The lowest BCUT2D eigenvalue weighted by Gasteiger charge is -2.29. The van der Waals surface area contributed by atoms with Crippen LogP contribution >= 0.6 is 11.6 Å². The zero-order chi connectivity index (χ0) is 12.4. The van der Waals surface area contributed by atoms with Crippen molar-refractivity contribution in [1.29, 1.82) is 0 Å². The van der Waals surface area contributed by atoms with Crippen LogP contribution in [0.25, 0.3) is 0 Å². The van der Waals surface area contributed by atoms with Crippen LogP contribution in [0.5, 0.6) is 0 Å². The first-order chi connectivity index (χ1) is 8.85. The minimum atomic E-state index is 0.784. The van der Waals surface area contributed by atoms with Gasteiger partial charge in [-0.15, -0.1) is 11.6 Å². The lowest BCUT2D eigenvalue weighted by molar-refractivity contribution is 0.192. The lowest BCUT2D eigenvalue weighted by Crippen LogP contribution is -2.35. The molecule has 1 aliphatic heterocycles. The Kier molecular flexibility index (Phi) is 4.48. The summed E-state index contributed by atoms with van der Waals surface area (Å²) in [6, 6.07) is 0. The minimum Gasteiger partial charge on any atom is -0.302 e. The fraction of sp³-hybridized carbons (Fsp3) is 1.00. The van der Waals surface area contributed by atoms with Gasteiger partial charge in [0.15, 0.2) is 0 Å². The zero-order valence-corrected chi connectivity index (χ0v) is 12.2. The van der Waals surface area contributed by atoms with Crippen LogP contribution in [0.3, 0.4) is 0 Å². The third-order valence-corrected chi connectivity index (χ3v) is 5.63. The molecule has 2 saturated carbocycles. The number of nitrogens with zero attached hydrogens (tertiary/aromatic N) is 2. The largest absolute Gasteiger partial charge is 0.302 e. The van der Waals surface area contributed by atoms with E-state index in [0.717, 1.165) is 30.2 Å². The molecule has 18 heavy (non-hydrogen) atoms. The van der Waals surface area contributed by atoms with E-state index in [9.17, 15) is 0 Å². The highest BCUT2D eigenvalue weighted by Crippen LogP contribution is 2.48. The SMILES string of the molecule is ClCCN1CCCN(CC2CC3CCC2C3)CC1. The molecule has 2 nitrogen and oxygen atoms in total. The molecule has 3 aliphatic rings. The maximum atomic E-state index is 5.85. The third-order valence-electron chi connectivity index (χ3n) is 5.46. The Morgan fingerprint density at radius 2 is 1.78 bits per heavy atom. The Balaban J connectivity index is 1.45. The highest BCUT2D eigenvalue weighted by atomic mass is 35.5. The maximum absolute atomic E-state index is 5.85. The molecule has 3 rings (SSSR count). The Labute approximate surface area is 117 Å². The first kappa shape index (κ1) is 13.2. The van der Waals surface area contributed by atoms with Crippen LogP contribution in [0.2, 0.25) is 0 Å². The smallest absolute Gasteiger partial charge is 0.0351 e. The van der Waals surface area contributed by atoms with E-state index in [2.05, 4.69) is 9.80 Å². The molecular formula is C15H27ClN2. The van der Waals surface area contributed by atoms with E-state index in [-0.39, 0.29) is 0 Å². The molecule has 1 heterocycles. The van der Waals surface area contributed by atoms with Gasteiger partial charge in [0.2, 0.25) is 0 Å². The van der Waals surface area contributed by atoms with E-state index < -0.39 is 0 Å². The first-order valence-corrected chi connectivity index (χ1v) is 8.39. The van der Waals surface area contributed by atoms with Gasteiger partial charge in [0.05, 0.1) is 0 Å². The van der Waals surface area contributed by atoms with Crippen molar-refractivity contribution in [2.24, 2.45) is 17.8 Å².